The van der Waals surface area contributed by atoms with Gasteiger partial charge in [-0.25, -0.2) is 9.97 Å². The number of aromatic nitrogens is 2. The fraction of sp³-hybridized carbons (Fsp3) is 0.667. The molecule has 1 heterocycles. The second-order valence-electron chi connectivity index (χ2n) is 3.71. The molecule has 0 fully saturated rings. The zero-order valence-corrected chi connectivity index (χ0v) is 10.6. The molecule has 1 N–H and O–H groups in total. The lowest BCUT2D eigenvalue weighted by atomic mass is 10.1. The molecule has 0 saturated carbocycles. The molecule has 0 amide bonds. The molecule has 0 aliphatic heterocycles. The first-order valence-corrected chi connectivity index (χ1v) is 5.84. The molecular weight excluding hydrogens is 202 g/mol. The van der Waals surface area contributed by atoms with Gasteiger partial charge in [-0.05, 0) is 19.8 Å². The van der Waals surface area contributed by atoms with E-state index in [0.29, 0.717) is 6.61 Å². The van der Waals surface area contributed by atoms with E-state index in [1.54, 1.807) is 0 Å². The van der Waals surface area contributed by atoms with Gasteiger partial charge in [-0.15, -0.1) is 0 Å². The number of nitrogens with one attached hydrogen (secondary N) is 1. The Morgan fingerprint density at radius 2 is 2.00 bits per heavy atom. The Kier molecular flexibility index (Phi) is 5.19. The van der Waals surface area contributed by atoms with Gasteiger partial charge >= 0.3 is 0 Å². The van der Waals surface area contributed by atoms with E-state index in [0.717, 1.165) is 36.8 Å². The van der Waals surface area contributed by atoms with E-state index in [9.17, 15) is 0 Å². The molecule has 0 aliphatic carbocycles. The van der Waals surface area contributed by atoms with Gasteiger partial charge in [0.1, 0.15) is 12.4 Å². The Balaban J connectivity index is 2.83. The number of rotatable bonds is 6. The van der Waals surface area contributed by atoms with Crippen LogP contribution in [0.25, 0.3) is 0 Å². The Morgan fingerprint density at radius 3 is 2.56 bits per heavy atom. The van der Waals surface area contributed by atoms with Crippen LogP contribution < -0.4 is 5.32 Å². The standard InChI is InChI=1S/C12H21N3O/c1-5-7-16-8-11-14-9(3)10(6-2)12(13-4)15-11/h5-8H2,1-4H3,(H,13,14,15). The van der Waals surface area contributed by atoms with Gasteiger partial charge in [-0.3, -0.25) is 0 Å². The summed E-state index contributed by atoms with van der Waals surface area (Å²) >= 11 is 0. The molecule has 1 rings (SSSR count). The molecular formula is C12H21N3O. The van der Waals surface area contributed by atoms with E-state index in [4.69, 9.17) is 4.74 Å². The van der Waals surface area contributed by atoms with Crippen molar-refractivity contribution in [2.75, 3.05) is 19.0 Å². The van der Waals surface area contributed by atoms with Crippen molar-refractivity contribution >= 4 is 5.82 Å². The van der Waals surface area contributed by atoms with Gasteiger partial charge in [0.2, 0.25) is 0 Å². The predicted molar refractivity (Wildman–Crippen MR) is 65.6 cm³/mol. The van der Waals surface area contributed by atoms with Crippen LogP contribution in [0, 0.1) is 6.92 Å². The molecule has 90 valence electrons. The van der Waals surface area contributed by atoms with Crippen molar-refractivity contribution in [3.63, 3.8) is 0 Å². The summed E-state index contributed by atoms with van der Waals surface area (Å²) in [5.74, 6) is 1.68. The highest BCUT2D eigenvalue weighted by Gasteiger charge is 2.08. The minimum atomic E-state index is 0.493. The van der Waals surface area contributed by atoms with E-state index in [-0.39, 0.29) is 0 Å². The lowest BCUT2D eigenvalue weighted by molar-refractivity contribution is 0.116. The summed E-state index contributed by atoms with van der Waals surface area (Å²) < 4.78 is 5.44. The van der Waals surface area contributed by atoms with Crippen LogP contribution in [0.15, 0.2) is 0 Å². The Morgan fingerprint density at radius 1 is 1.25 bits per heavy atom. The smallest absolute Gasteiger partial charge is 0.156 e. The van der Waals surface area contributed by atoms with Crippen molar-refractivity contribution in [1.29, 1.82) is 0 Å². The lowest BCUT2D eigenvalue weighted by Crippen LogP contribution is -2.08. The van der Waals surface area contributed by atoms with Crippen molar-refractivity contribution in [2.45, 2.75) is 40.2 Å². The summed E-state index contributed by atoms with van der Waals surface area (Å²) in [5, 5.41) is 3.11. The molecule has 0 radical (unpaired) electrons. The maximum atomic E-state index is 5.44. The number of ether oxygens (including phenoxy) is 1. The van der Waals surface area contributed by atoms with Gasteiger partial charge in [-0.2, -0.15) is 0 Å². The average molecular weight is 223 g/mol. The summed E-state index contributed by atoms with van der Waals surface area (Å²) in [4.78, 5) is 8.90. The molecule has 0 aromatic carbocycles. The van der Waals surface area contributed by atoms with E-state index < -0.39 is 0 Å². The topological polar surface area (TPSA) is 47.0 Å². The van der Waals surface area contributed by atoms with Gasteiger partial charge in [-0.1, -0.05) is 13.8 Å². The maximum Gasteiger partial charge on any atom is 0.156 e. The number of anilines is 1. The van der Waals surface area contributed by atoms with Crippen molar-refractivity contribution < 1.29 is 4.74 Å². The second-order valence-corrected chi connectivity index (χ2v) is 3.71. The summed E-state index contributed by atoms with van der Waals surface area (Å²) in [7, 11) is 1.89. The van der Waals surface area contributed by atoms with Crippen molar-refractivity contribution in [3.8, 4) is 0 Å². The van der Waals surface area contributed by atoms with Gasteiger partial charge in [0.05, 0.1) is 0 Å². The number of aryl methyl sites for hydroxylation is 1. The summed E-state index contributed by atoms with van der Waals surface area (Å²) in [6.45, 7) is 7.47. The molecule has 0 bridgehead atoms. The third kappa shape index (κ3) is 3.17. The van der Waals surface area contributed by atoms with Crippen LogP contribution >= 0.6 is 0 Å². The van der Waals surface area contributed by atoms with E-state index in [2.05, 4.69) is 29.1 Å². The van der Waals surface area contributed by atoms with Crippen LogP contribution in [0.3, 0.4) is 0 Å². The molecule has 16 heavy (non-hydrogen) atoms. The molecule has 4 heteroatoms. The minimum Gasteiger partial charge on any atom is -0.373 e. The molecule has 0 unspecified atom stereocenters. The fourth-order valence-electron chi connectivity index (χ4n) is 1.66. The van der Waals surface area contributed by atoms with E-state index >= 15 is 0 Å². The molecule has 4 nitrogen and oxygen atoms in total. The summed E-state index contributed by atoms with van der Waals surface area (Å²) in [6.07, 6.45) is 1.96. The SMILES string of the molecule is CCCOCc1nc(C)c(CC)c(NC)n1. The van der Waals surface area contributed by atoms with Crippen LogP contribution in [0.1, 0.15) is 37.4 Å². The third-order valence-electron chi connectivity index (χ3n) is 2.43. The first kappa shape index (κ1) is 12.9. The van der Waals surface area contributed by atoms with Gasteiger partial charge < -0.3 is 10.1 Å². The maximum absolute atomic E-state index is 5.44. The molecule has 0 atom stereocenters. The molecule has 0 aliphatic rings. The Labute approximate surface area is 97.5 Å². The van der Waals surface area contributed by atoms with Gasteiger partial charge in [0, 0.05) is 24.9 Å². The van der Waals surface area contributed by atoms with Crippen LogP contribution in [0.4, 0.5) is 5.82 Å². The fourth-order valence-corrected chi connectivity index (χ4v) is 1.66. The van der Waals surface area contributed by atoms with Crippen LogP contribution in [-0.2, 0) is 17.8 Å². The highest BCUT2D eigenvalue weighted by atomic mass is 16.5. The highest BCUT2D eigenvalue weighted by Crippen LogP contribution is 2.16. The predicted octanol–water partition coefficient (Wildman–Crippen LogP) is 2.32. The zero-order chi connectivity index (χ0) is 12.0. The van der Waals surface area contributed by atoms with E-state index in [1.807, 2.05) is 14.0 Å². The first-order valence-electron chi connectivity index (χ1n) is 5.84. The Bertz CT molecular complexity index is 339. The molecule has 0 spiro atoms. The van der Waals surface area contributed by atoms with Crippen molar-refractivity contribution in [1.82, 2.24) is 9.97 Å². The molecule has 0 saturated heterocycles. The van der Waals surface area contributed by atoms with Gasteiger partial charge in [0.15, 0.2) is 5.82 Å². The van der Waals surface area contributed by atoms with Crippen LogP contribution in [0.5, 0.6) is 0 Å². The van der Waals surface area contributed by atoms with Crippen molar-refractivity contribution in [2.24, 2.45) is 0 Å². The largest absolute Gasteiger partial charge is 0.373 e. The summed E-state index contributed by atoms with van der Waals surface area (Å²) in [5.41, 5.74) is 2.22. The van der Waals surface area contributed by atoms with Gasteiger partial charge in [0.25, 0.3) is 0 Å². The second kappa shape index (κ2) is 6.43. The minimum absolute atomic E-state index is 0.493. The highest BCUT2D eigenvalue weighted by molar-refractivity contribution is 5.45. The van der Waals surface area contributed by atoms with Crippen LogP contribution in [0.2, 0.25) is 0 Å². The lowest BCUT2D eigenvalue weighted by Gasteiger charge is -2.11. The van der Waals surface area contributed by atoms with Crippen LogP contribution in [-0.4, -0.2) is 23.6 Å². The zero-order valence-electron chi connectivity index (χ0n) is 10.6. The average Bonchev–Trinajstić information content (AvgIpc) is 2.28. The van der Waals surface area contributed by atoms with Crippen molar-refractivity contribution in [3.05, 3.63) is 17.1 Å². The number of nitrogens with zero attached hydrogens (tertiary/aromatic N) is 2. The third-order valence-corrected chi connectivity index (χ3v) is 2.43. The van der Waals surface area contributed by atoms with E-state index in [1.165, 1.54) is 5.56 Å². The summed E-state index contributed by atoms with van der Waals surface area (Å²) in [6, 6.07) is 0. The first-order chi connectivity index (χ1) is 7.72. The molecule has 1 aromatic heterocycles. The molecule has 1 aromatic rings. The Hall–Kier alpha value is -1.16. The quantitative estimate of drug-likeness (QED) is 0.752. The number of hydrogen-bond acceptors (Lipinski definition) is 4. The monoisotopic (exact) mass is 223 g/mol. The number of hydrogen-bond donors (Lipinski definition) is 1. The normalized spacial score (nSPS) is 10.5.